The van der Waals surface area contributed by atoms with Gasteiger partial charge in [-0.2, -0.15) is 17.6 Å². The van der Waals surface area contributed by atoms with Gasteiger partial charge in [0.15, 0.2) is 11.3 Å². The Morgan fingerprint density at radius 3 is 2.52 bits per heavy atom. The first-order chi connectivity index (χ1) is 12.5. The predicted molar refractivity (Wildman–Crippen MR) is 85.6 cm³/mol. The molecule has 4 rings (SSSR count). The lowest BCUT2D eigenvalue weighted by Gasteiger charge is -2.30. The fourth-order valence-electron chi connectivity index (χ4n) is 3.69. The van der Waals surface area contributed by atoms with E-state index in [1.54, 1.807) is 0 Å². The zero-order valence-corrected chi connectivity index (χ0v) is 13.5. The minimum Gasteiger partial charge on any atom is -0.458 e. The molecule has 0 aromatic heterocycles. The number of halogens is 5. The number of benzene rings is 2. The van der Waals surface area contributed by atoms with E-state index >= 15 is 0 Å². The number of hydrogen-bond acceptors (Lipinski definition) is 2. The molecular formula is C19H10F5NO2. The number of nitrogens with zero attached hydrogens (tertiary/aromatic N) is 1. The lowest BCUT2D eigenvalue weighted by molar-refractivity contribution is -0.283. The summed E-state index contributed by atoms with van der Waals surface area (Å²) >= 11 is 0. The number of hydrogen-bond donors (Lipinski definition) is 1. The molecule has 0 amide bonds. The first-order valence-corrected chi connectivity index (χ1v) is 7.73. The molecule has 1 N–H and O–H groups in total. The molecule has 0 radical (unpaired) electrons. The van der Waals surface area contributed by atoms with Gasteiger partial charge in [0.05, 0.1) is 6.57 Å². The molecule has 2 aromatic carbocycles. The van der Waals surface area contributed by atoms with Crippen molar-refractivity contribution >= 4 is 11.3 Å². The van der Waals surface area contributed by atoms with Gasteiger partial charge >= 0.3 is 11.8 Å². The summed E-state index contributed by atoms with van der Waals surface area (Å²) in [7, 11) is 0. The second-order valence-electron chi connectivity index (χ2n) is 6.51. The van der Waals surface area contributed by atoms with Crippen LogP contribution in [0.5, 0.6) is 11.5 Å². The van der Waals surface area contributed by atoms with E-state index in [2.05, 4.69) is 11.4 Å². The van der Waals surface area contributed by atoms with Crippen LogP contribution in [0.3, 0.4) is 0 Å². The molecule has 3 nitrogen and oxygen atoms in total. The maximum atomic E-state index is 14.3. The molecule has 2 aromatic rings. The highest BCUT2D eigenvalue weighted by Gasteiger charge is 2.78. The van der Waals surface area contributed by atoms with Crippen molar-refractivity contribution in [1.82, 2.24) is 0 Å². The second kappa shape index (κ2) is 5.08. The molecule has 1 atom stereocenters. The highest BCUT2D eigenvalue weighted by Crippen LogP contribution is 2.68. The van der Waals surface area contributed by atoms with Crippen molar-refractivity contribution < 1.29 is 31.8 Å². The number of alkyl halides is 4. The van der Waals surface area contributed by atoms with E-state index in [1.807, 2.05) is 0 Å². The zero-order valence-electron chi connectivity index (χ0n) is 13.5. The summed E-state index contributed by atoms with van der Waals surface area (Å²) in [6.07, 6.45) is -0.783. The van der Waals surface area contributed by atoms with Crippen LogP contribution in [0.2, 0.25) is 0 Å². The van der Waals surface area contributed by atoms with Crippen molar-refractivity contribution in [2.75, 3.05) is 0 Å². The molecule has 0 fully saturated rings. The van der Waals surface area contributed by atoms with Gasteiger partial charge in [-0.3, -0.25) is 0 Å². The Morgan fingerprint density at radius 2 is 1.85 bits per heavy atom. The third-order valence-electron chi connectivity index (χ3n) is 4.87. The molecule has 0 saturated heterocycles. The van der Waals surface area contributed by atoms with Crippen LogP contribution in [0.1, 0.15) is 23.1 Å². The summed E-state index contributed by atoms with van der Waals surface area (Å²) in [5.74, 6) is -10.3. The Balaban J connectivity index is 1.90. The SMILES string of the molecule is [C-]#[N+]c1cc(F)cc(Oc2ccc3c4c2C(=C)CC4(O)C(F)(F)C3(F)F)c1. The molecule has 2 aliphatic carbocycles. The van der Waals surface area contributed by atoms with Crippen LogP contribution < -0.4 is 4.74 Å². The number of ether oxygens (including phenoxy) is 1. The summed E-state index contributed by atoms with van der Waals surface area (Å²) < 4.78 is 76.1. The molecule has 0 aliphatic heterocycles. The predicted octanol–water partition coefficient (Wildman–Crippen LogP) is 5.51. The lowest BCUT2D eigenvalue weighted by Crippen LogP contribution is -2.47. The smallest absolute Gasteiger partial charge is 0.346 e. The van der Waals surface area contributed by atoms with Crippen LogP contribution in [0.4, 0.5) is 27.6 Å². The summed E-state index contributed by atoms with van der Waals surface area (Å²) in [6, 6.07) is 4.95. The average molecular weight is 379 g/mol. The summed E-state index contributed by atoms with van der Waals surface area (Å²) in [5.41, 5.74) is -4.92. The molecule has 0 bridgehead atoms. The van der Waals surface area contributed by atoms with E-state index in [9.17, 15) is 27.1 Å². The average Bonchev–Trinajstić information content (AvgIpc) is 2.92. The maximum Gasteiger partial charge on any atom is 0.346 e. The maximum absolute atomic E-state index is 14.3. The molecule has 1 unspecified atom stereocenters. The quantitative estimate of drug-likeness (QED) is 0.551. The van der Waals surface area contributed by atoms with E-state index in [0.717, 1.165) is 24.3 Å². The normalized spacial score (nSPS) is 23.8. The van der Waals surface area contributed by atoms with E-state index in [4.69, 9.17) is 11.3 Å². The molecular weight excluding hydrogens is 369 g/mol. The standard InChI is InChI=1S/C19H10F5NO2/c1-9-8-17(26)16-13(18(21,22)19(17,23)24)3-4-14(15(9)16)27-12-6-10(20)5-11(7-12)25-2/h3-7,26H,1,8H2. The van der Waals surface area contributed by atoms with Gasteiger partial charge in [0, 0.05) is 29.2 Å². The minimum absolute atomic E-state index is 0.00123. The van der Waals surface area contributed by atoms with Crippen LogP contribution in [0.15, 0.2) is 36.9 Å². The van der Waals surface area contributed by atoms with Crippen molar-refractivity contribution in [2.24, 2.45) is 0 Å². The van der Waals surface area contributed by atoms with Gasteiger partial charge in [0.2, 0.25) is 0 Å². The summed E-state index contributed by atoms with van der Waals surface area (Å²) in [5, 5.41) is 10.4. The van der Waals surface area contributed by atoms with Crippen LogP contribution >= 0.6 is 0 Å². The highest BCUT2D eigenvalue weighted by atomic mass is 19.3. The van der Waals surface area contributed by atoms with Crippen molar-refractivity contribution in [3.8, 4) is 11.5 Å². The molecule has 27 heavy (non-hydrogen) atoms. The Kier molecular flexibility index (Phi) is 3.29. The van der Waals surface area contributed by atoms with E-state index < -0.39 is 40.8 Å². The third-order valence-corrected chi connectivity index (χ3v) is 4.87. The summed E-state index contributed by atoms with van der Waals surface area (Å²) in [4.78, 5) is 3.08. The van der Waals surface area contributed by atoms with E-state index in [1.165, 1.54) is 6.07 Å². The first kappa shape index (κ1) is 17.5. The number of rotatable bonds is 2. The summed E-state index contributed by atoms with van der Waals surface area (Å²) in [6.45, 7) is 10.5. The van der Waals surface area contributed by atoms with E-state index in [0.29, 0.717) is 0 Å². The second-order valence-corrected chi connectivity index (χ2v) is 6.51. The largest absolute Gasteiger partial charge is 0.458 e. The Bertz CT molecular complexity index is 1060. The van der Waals surface area contributed by atoms with Crippen LogP contribution in [-0.4, -0.2) is 11.0 Å². The van der Waals surface area contributed by atoms with Crippen LogP contribution in [-0.2, 0) is 11.5 Å². The van der Waals surface area contributed by atoms with Crippen molar-refractivity contribution in [1.29, 1.82) is 0 Å². The van der Waals surface area contributed by atoms with Gasteiger partial charge in [0.25, 0.3) is 0 Å². The van der Waals surface area contributed by atoms with Gasteiger partial charge in [-0.25, -0.2) is 9.24 Å². The molecule has 0 heterocycles. The van der Waals surface area contributed by atoms with Crippen molar-refractivity contribution in [3.05, 3.63) is 70.8 Å². The van der Waals surface area contributed by atoms with Gasteiger partial charge in [-0.15, -0.1) is 0 Å². The monoisotopic (exact) mass is 379 g/mol. The topological polar surface area (TPSA) is 33.8 Å². The molecule has 138 valence electrons. The van der Waals surface area contributed by atoms with Gasteiger partial charge in [-0.05, 0) is 29.8 Å². The molecule has 0 spiro atoms. The Labute approximate surface area is 150 Å². The van der Waals surface area contributed by atoms with Gasteiger partial charge in [-0.1, -0.05) is 6.58 Å². The Hall–Kier alpha value is -2.92. The number of aliphatic hydroxyl groups is 1. The molecule has 8 heteroatoms. The highest BCUT2D eigenvalue weighted by molar-refractivity contribution is 5.82. The molecule has 0 saturated carbocycles. The van der Waals surface area contributed by atoms with Gasteiger partial charge in [0.1, 0.15) is 17.3 Å². The van der Waals surface area contributed by atoms with Crippen molar-refractivity contribution in [2.45, 2.75) is 23.9 Å². The lowest BCUT2D eigenvalue weighted by atomic mass is 9.94. The van der Waals surface area contributed by atoms with Crippen molar-refractivity contribution in [3.63, 3.8) is 0 Å². The van der Waals surface area contributed by atoms with E-state index in [-0.39, 0.29) is 28.3 Å². The van der Waals surface area contributed by atoms with Gasteiger partial charge < -0.3 is 9.84 Å². The minimum atomic E-state index is -4.72. The zero-order chi connectivity index (χ0) is 19.8. The third kappa shape index (κ3) is 2.03. The molecule has 2 aliphatic rings. The fourth-order valence-corrected chi connectivity index (χ4v) is 3.69. The van der Waals surface area contributed by atoms with Crippen LogP contribution in [0.25, 0.3) is 10.4 Å². The first-order valence-electron chi connectivity index (χ1n) is 7.73. The fraction of sp³-hybridized carbons (Fsp3) is 0.211. The van der Waals surface area contributed by atoms with Crippen LogP contribution in [0, 0.1) is 12.4 Å². The Morgan fingerprint density at radius 1 is 1.15 bits per heavy atom.